The van der Waals surface area contributed by atoms with Crippen LogP contribution in [0.3, 0.4) is 0 Å². The molecule has 1 N–H and O–H groups in total. The second-order valence-corrected chi connectivity index (χ2v) is 8.59. The molecular weight excluding hydrogens is 390 g/mol. The molecule has 0 radical (unpaired) electrons. The van der Waals surface area contributed by atoms with Gasteiger partial charge in [0.25, 0.3) is 5.91 Å². The molecule has 0 aromatic heterocycles. The van der Waals surface area contributed by atoms with Crippen molar-refractivity contribution in [2.75, 3.05) is 18.4 Å². The van der Waals surface area contributed by atoms with Gasteiger partial charge in [0.2, 0.25) is 10.0 Å². The molecule has 0 saturated carbocycles. The first-order chi connectivity index (χ1) is 13.2. The van der Waals surface area contributed by atoms with Crippen molar-refractivity contribution >= 4 is 21.6 Å². The van der Waals surface area contributed by atoms with E-state index in [0.29, 0.717) is 0 Å². The summed E-state index contributed by atoms with van der Waals surface area (Å²) in [7, 11) is -3.74. The summed E-state index contributed by atoms with van der Waals surface area (Å²) in [5.74, 6) is -2.55. The van der Waals surface area contributed by atoms with Gasteiger partial charge in [0.15, 0.2) is 0 Å². The summed E-state index contributed by atoms with van der Waals surface area (Å²) in [6.45, 7) is 4.07. The van der Waals surface area contributed by atoms with Crippen LogP contribution in [0.25, 0.3) is 0 Å². The number of nitrogens with one attached hydrogen (secondary N) is 1. The number of nitrogens with zero attached hydrogens (tertiary/aromatic N) is 1. The summed E-state index contributed by atoms with van der Waals surface area (Å²) in [5, 5.41) is 2.16. The van der Waals surface area contributed by atoms with Crippen molar-refractivity contribution in [3.8, 4) is 0 Å². The quantitative estimate of drug-likeness (QED) is 0.841. The van der Waals surface area contributed by atoms with Crippen LogP contribution < -0.4 is 5.32 Å². The summed E-state index contributed by atoms with van der Waals surface area (Å²) in [6, 6.07) is 8.44. The van der Waals surface area contributed by atoms with Gasteiger partial charge in [0.1, 0.15) is 17.3 Å². The van der Waals surface area contributed by atoms with Crippen LogP contribution in [-0.4, -0.2) is 43.9 Å². The van der Waals surface area contributed by atoms with E-state index in [0.717, 1.165) is 12.1 Å². The fourth-order valence-corrected chi connectivity index (χ4v) is 4.65. The van der Waals surface area contributed by atoms with Crippen molar-refractivity contribution in [2.24, 2.45) is 0 Å². The first-order valence-electron chi connectivity index (χ1n) is 8.69. The summed E-state index contributed by atoms with van der Waals surface area (Å²) < 4.78 is 59.8. The number of para-hydroxylation sites is 1. The average Bonchev–Trinajstić information content (AvgIpc) is 2.64. The highest BCUT2D eigenvalue weighted by atomic mass is 32.2. The van der Waals surface area contributed by atoms with Crippen LogP contribution >= 0.6 is 0 Å². The van der Waals surface area contributed by atoms with E-state index >= 15 is 0 Å². The minimum atomic E-state index is -3.74. The van der Waals surface area contributed by atoms with Crippen molar-refractivity contribution < 1.29 is 26.7 Å². The lowest BCUT2D eigenvalue weighted by atomic mass is 10.2. The molecule has 2 unspecified atom stereocenters. The molecule has 1 amide bonds. The van der Waals surface area contributed by atoms with Gasteiger partial charge in [-0.15, -0.1) is 0 Å². The highest BCUT2D eigenvalue weighted by Crippen LogP contribution is 2.23. The molecule has 0 spiro atoms. The van der Waals surface area contributed by atoms with Crippen molar-refractivity contribution in [2.45, 2.75) is 31.0 Å². The molecule has 1 aliphatic heterocycles. The Bertz CT molecular complexity index is 950. The first kappa shape index (κ1) is 20.4. The third-order valence-electron chi connectivity index (χ3n) is 4.34. The highest BCUT2D eigenvalue weighted by Gasteiger charge is 2.32. The number of hydrogen-bond donors (Lipinski definition) is 1. The van der Waals surface area contributed by atoms with Gasteiger partial charge in [-0.05, 0) is 50.2 Å². The molecule has 0 aliphatic carbocycles. The number of morpholine rings is 1. The summed E-state index contributed by atoms with van der Waals surface area (Å²) in [5.41, 5.74) is -0.481. The molecule has 1 aliphatic rings. The van der Waals surface area contributed by atoms with Gasteiger partial charge in [-0.1, -0.05) is 6.07 Å². The largest absolute Gasteiger partial charge is 0.373 e. The fourth-order valence-electron chi connectivity index (χ4n) is 3.06. The molecule has 28 heavy (non-hydrogen) atoms. The molecule has 3 rings (SSSR count). The zero-order valence-corrected chi connectivity index (χ0v) is 16.2. The van der Waals surface area contributed by atoms with E-state index in [-0.39, 0.29) is 35.8 Å². The number of carbonyl (C=O) groups excluding carboxylic acids is 1. The second-order valence-electron chi connectivity index (χ2n) is 6.65. The zero-order valence-electron chi connectivity index (χ0n) is 15.4. The van der Waals surface area contributed by atoms with Crippen LogP contribution in [0.15, 0.2) is 47.4 Å². The van der Waals surface area contributed by atoms with E-state index in [2.05, 4.69) is 5.32 Å². The summed E-state index contributed by atoms with van der Waals surface area (Å²) >= 11 is 0. The molecule has 2 aromatic rings. The van der Waals surface area contributed by atoms with Crippen LogP contribution in [0.2, 0.25) is 0 Å². The topological polar surface area (TPSA) is 75.7 Å². The second kappa shape index (κ2) is 7.94. The molecule has 150 valence electrons. The molecule has 9 heteroatoms. The molecule has 1 heterocycles. The molecular formula is C19H20F2N2O4S. The monoisotopic (exact) mass is 410 g/mol. The van der Waals surface area contributed by atoms with Gasteiger partial charge in [0.05, 0.1) is 17.1 Å². The lowest BCUT2D eigenvalue weighted by Crippen LogP contribution is -2.48. The Kier molecular flexibility index (Phi) is 5.78. The van der Waals surface area contributed by atoms with E-state index in [1.807, 2.05) is 0 Å². The number of ether oxygens (including phenoxy) is 1. The third-order valence-corrected chi connectivity index (χ3v) is 6.19. The Labute approximate surface area is 162 Å². The maximum atomic E-state index is 13.7. The number of benzene rings is 2. The zero-order chi connectivity index (χ0) is 20.5. The van der Waals surface area contributed by atoms with E-state index in [1.54, 1.807) is 13.8 Å². The van der Waals surface area contributed by atoms with Crippen LogP contribution in [0.5, 0.6) is 0 Å². The van der Waals surface area contributed by atoms with Crippen LogP contribution in [0.4, 0.5) is 14.5 Å². The van der Waals surface area contributed by atoms with Gasteiger partial charge < -0.3 is 10.1 Å². The molecule has 1 saturated heterocycles. The van der Waals surface area contributed by atoms with E-state index < -0.39 is 33.3 Å². The Hall–Kier alpha value is -2.36. The number of halogens is 2. The summed E-state index contributed by atoms with van der Waals surface area (Å²) in [6.07, 6.45) is -0.446. The van der Waals surface area contributed by atoms with Gasteiger partial charge >= 0.3 is 0 Å². The number of hydrogen-bond acceptors (Lipinski definition) is 4. The van der Waals surface area contributed by atoms with Gasteiger partial charge in [-0.25, -0.2) is 17.2 Å². The normalized spacial score (nSPS) is 20.7. The summed E-state index contributed by atoms with van der Waals surface area (Å²) in [4.78, 5) is 12.3. The number of sulfonamides is 1. The first-order valence-corrected chi connectivity index (χ1v) is 10.1. The van der Waals surface area contributed by atoms with Crippen molar-refractivity contribution in [3.05, 3.63) is 59.7 Å². The number of rotatable bonds is 4. The van der Waals surface area contributed by atoms with Crippen LogP contribution in [-0.2, 0) is 14.8 Å². The molecule has 1 fully saturated rings. The molecule has 2 aromatic carbocycles. The lowest BCUT2D eigenvalue weighted by molar-refractivity contribution is -0.0440. The smallest absolute Gasteiger partial charge is 0.255 e. The number of amides is 1. The van der Waals surface area contributed by atoms with Gasteiger partial charge in [0, 0.05) is 18.7 Å². The minimum absolute atomic E-state index is 0.0300. The molecule has 2 atom stereocenters. The number of carbonyl (C=O) groups is 1. The van der Waals surface area contributed by atoms with Crippen LogP contribution in [0.1, 0.15) is 24.2 Å². The van der Waals surface area contributed by atoms with Crippen molar-refractivity contribution in [3.63, 3.8) is 0 Å². The maximum Gasteiger partial charge on any atom is 0.255 e. The Morgan fingerprint density at radius 1 is 1.04 bits per heavy atom. The van der Waals surface area contributed by atoms with Gasteiger partial charge in [-0.2, -0.15) is 4.31 Å². The third kappa shape index (κ3) is 4.21. The SMILES string of the molecule is CC1CN(S(=O)(=O)c2ccc(C(=O)Nc3c(F)cccc3F)cc2)CC(C)O1. The average molecular weight is 410 g/mol. The Morgan fingerprint density at radius 3 is 2.11 bits per heavy atom. The Morgan fingerprint density at radius 2 is 1.57 bits per heavy atom. The number of anilines is 1. The highest BCUT2D eigenvalue weighted by molar-refractivity contribution is 7.89. The Balaban J connectivity index is 1.78. The van der Waals surface area contributed by atoms with E-state index in [4.69, 9.17) is 4.74 Å². The van der Waals surface area contributed by atoms with Crippen molar-refractivity contribution in [1.82, 2.24) is 4.31 Å². The van der Waals surface area contributed by atoms with E-state index in [9.17, 15) is 22.0 Å². The predicted octanol–water partition coefficient (Wildman–Crippen LogP) is 3.02. The molecule has 0 bridgehead atoms. The van der Waals surface area contributed by atoms with Crippen LogP contribution in [0, 0.1) is 11.6 Å². The fraction of sp³-hybridized carbons (Fsp3) is 0.316. The standard InChI is InChI=1S/C19H20F2N2O4S/c1-12-10-23(11-13(2)27-12)28(25,26)15-8-6-14(7-9-15)19(24)22-18-16(20)4-3-5-17(18)21/h3-9,12-13H,10-11H2,1-2H3,(H,22,24). The van der Waals surface area contributed by atoms with Gasteiger partial charge in [-0.3, -0.25) is 4.79 Å². The predicted molar refractivity (Wildman–Crippen MR) is 99.5 cm³/mol. The van der Waals surface area contributed by atoms with E-state index in [1.165, 1.54) is 34.6 Å². The lowest BCUT2D eigenvalue weighted by Gasteiger charge is -2.34. The van der Waals surface area contributed by atoms with Crippen molar-refractivity contribution in [1.29, 1.82) is 0 Å². The minimum Gasteiger partial charge on any atom is -0.373 e. The maximum absolute atomic E-state index is 13.7. The molecule has 6 nitrogen and oxygen atoms in total.